The molecule has 1 aromatic carbocycles. The molecule has 24 heavy (non-hydrogen) atoms. The van der Waals surface area contributed by atoms with Gasteiger partial charge in [-0.1, -0.05) is 18.2 Å². The molecule has 0 unspecified atom stereocenters. The van der Waals surface area contributed by atoms with Crippen LogP contribution in [-0.4, -0.2) is 16.8 Å². The number of amides is 2. The van der Waals surface area contributed by atoms with Gasteiger partial charge in [0.1, 0.15) is 5.76 Å². The monoisotopic (exact) mass is 341 g/mol. The number of primary amides is 1. The van der Waals surface area contributed by atoms with Crippen molar-refractivity contribution < 1.29 is 14.0 Å². The van der Waals surface area contributed by atoms with Crippen LogP contribution >= 0.6 is 11.3 Å². The molecule has 3 rings (SSSR count). The van der Waals surface area contributed by atoms with Crippen molar-refractivity contribution in [2.24, 2.45) is 5.73 Å². The first-order chi connectivity index (χ1) is 11.5. The first kappa shape index (κ1) is 15.9. The third-order valence-electron chi connectivity index (χ3n) is 3.55. The van der Waals surface area contributed by atoms with Gasteiger partial charge in [-0.05, 0) is 31.5 Å². The van der Waals surface area contributed by atoms with Crippen molar-refractivity contribution in [1.82, 2.24) is 4.98 Å². The van der Waals surface area contributed by atoms with Crippen LogP contribution in [0.4, 0.5) is 5.13 Å². The number of hydrogen-bond acceptors (Lipinski definition) is 5. The van der Waals surface area contributed by atoms with Crippen LogP contribution in [0.1, 0.15) is 32.2 Å². The molecule has 6 nitrogen and oxygen atoms in total. The molecule has 0 aliphatic carbocycles. The van der Waals surface area contributed by atoms with E-state index in [1.807, 2.05) is 25.1 Å². The van der Waals surface area contributed by atoms with E-state index in [2.05, 4.69) is 10.3 Å². The Morgan fingerprint density at radius 2 is 2.00 bits per heavy atom. The Kier molecular flexibility index (Phi) is 4.18. The van der Waals surface area contributed by atoms with Gasteiger partial charge in [-0.25, -0.2) is 4.98 Å². The summed E-state index contributed by atoms with van der Waals surface area (Å²) in [6.07, 6.45) is 0. The number of thiazole rings is 1. The lowest BCUT2D eigenvalue weighted by Crippen LogP contribution is -2.12. The predicted octanol–water partition coefficient (Wildman–Crippen LogP) is 3.37. The summed E-state index contributed by atoms with van der Waals surface area (Å²) < 4.78 is 5.31. The maximum Gasteiger partial charge on any atom is 0.284 e. The molecule has 2 heterocycles. The summed E-state index contributed by atoms with van der Waals surface area (Å²) in [4.78, 5) is 27.9. The molecule has 0 saturated heterocycles. The molecule has 0 aliphatic rings. The lowest BCUT2D eigenvalue weighted by atomic mass is 10.1. The Morgan fingerprint density at radius 3 is 2.67 bits per heavy atom. The number of rotatable bonds is 4. The fraction of sp³-hybridized carbons (Fsp3) is 0.118. The van der Waals surface area contributed by atoms with E-state index in [0.29, 0.717) is 27.7 Å². The summed E-state index contributed by atoms with van der Waals surface area (Å²) in [7, 11) is 0. The number of nitrogens with one attached hydrogen (secondary N) is 1. The highest BCUT2D eigenvalue weighted by molar-refractivity contribution is 7.14. The second kappa shape index (κ2) is 6.29. The van der Waals surface area contributed by atoms with E-state index in [1.54, 1.807) is 24.4 Å². The van der Waals surface area contributed by atoms with Gasteiger partial charge in [-0.15, -0.1) is 11.3 Å². The van der Waals surface area contributed by atoms with Crippen LogP contribution in [0.3, 0.4) is 0 Å². The predicted molar refractivity (Wildman–Crippen MR) is 92.2 cm³/mol. The third-order valence-corrected chi connectivity index (χ3v) is 4.31. The minimum absolute atomic E-state index is 0.0843. The average molecular weight is 341 g/mol. The van der Waals surface area contributed by atoms with Crippen LogP contribution in [-0.2, 0) is 0 Å². The topological polar surface area (TPSA) is 98.2 Å². The van der Waals surface area contributed by atoms with Gasteiger partial charge in [-0.3, -0.25) is 14.9 Å². The standard InChI is InChI=1S/C17H15N3O3S/c1-9-5-3-4-6-11(9)16(22)20-17-19-13(8-24-17)12-7-14(15(18)21)23-10(12)2/h3-8H,1-2H3,(H2,18,21)(H,19,20,22). The van der Waals surface area contributed by atoms with E-state index in [9.17, 15) is 9.59 Å². The molecule has 2 aromatic heterocycles. The van der Waals surface area contributed by atoms with Crippen LogP contribution in [0, 0.1) is 13.8 Å². The Bertz CT molecular complexity index is 927. The van der Waals surface area contributed by atoms with Crippen LogP contribution in [0.2, 0.25) is 0 Å². The number of anilines is 1. The maximum atomic E-state index is 12.3. The molecule has 0 aliphatic heterocycles. The largest absolute Gasteiger partial charge is 0.456 e. The number of carbonyl (C=O) groups is 2. The van der Waals surface area contributed by atoms with Crippen molar-refractivity contribution >= 4 is 28.3 Å². The number of benzene rings is 1. The number of carbonyl (C=O) groups excluding carboxylic acids is 2. The molecule has 0 spiro atoms. The molecule has 7 heteroatoms. The van der Waals surface area contributed by atoms with Gasteiger partial charge in [0, 0.05) is 16.5 Å². The number of nitrogens with zero attached hydrogens (tertiary/aromatic N) is 1. The van der Waals surface area contributed by atoms with Crippen LogP contribution in [0.25, 0.3) is 11.3 Å². The fourth-order valence-electron chi connectivity index (χ4n) is 2.30. The second-order valence-corrected chi connectivity index (χ2v) is 6.11. The zero-order valence-electron chi connectivity index (χ0n) is 13.1. The SMILES string of the molecule is Cc1ccccc1C(=O)Nc1nc(-c2cc(C(N)=O)oc2C)cs1. The summed E-state index contributed by atoms with van der Waals surface area (Å²) in [5.74, 6) is -0.213. The average Bonchev–Trinajstić information content (AvgIpc) is 3.14. The van der Waals surface area contributed by atoms with Crippen molar-refractivity contribution in [1.29, 1.82) is 0 Å². The molecule has 0 atom stereocenters. The highest BCUT2D eigenvalue weighted by Crippen LogP contribution is 2.30. The molecule has 3 aromatic rings. The first-order valence-corrected chi connectivity index (χ1v) is 8.07. The molecule has 0 radical (unpaired) electrons. The van der Waals surface area contributed by atoms with E-state index in [-0.39, 0.29) is 11.7 Å². The molecule has 2 amide bonds. The van der Waals surface area contributed by atoms with Crippen molar-refractivity contribution in [3.8, 4) is 11.3 Å². The zero-order chi connectivity index (χ0) is 17.3. The molecule has 0 saturated carbocycles. The van der Waals surface area contributed by atoms with Gasteiger partial charge in [0.2, 0.25) is 0 Å². The Balaban J connectivity index is 1.83. The van der Waals surface area contributed by atoms with Gasteiger partial charge < -0.3 is 10.2 Å². The van der Waals surface area contributed by atoms with Gasteiger partial charge in [0.05, 0.1) is 5.69 Å². The van der Waals surface area contributed by atoms with Gasteiger partial charge in [0.15, 0.2) is 10.9 Å². The summed E-state index contributed by atoms with van der Waals surface area (Å²) in [6, 6.07) is 8.89. The van der Waals surface area contributed by atoms with Gasteiger partial charge >= 0.3 is 0 Å². The minimum Gasteiger partial charge on any atom is -0.456 e. The highest BCUT2D eigenvalue weighted by atomic mass is 32.1. The molecular formula is C17H15N3O3S. The minimum atomic E-state index is -0.632. The number of nitrogens with two attached hydrogens (primary N) is 1. The van der Waals surface area contributed by atoms with Crippen LogP contribution < -0.4 is 11.1 Å². The Morgan fingerprint density at radius 1 is 1.25 bits per heavy atom. The molecular weight excluding hydrogens is 326 g/mol. The van der Waals surface area contributed by atoms with Crippen molar-refractivity contribution in [2.75, 3.05) is 5.32 Å². The molecule has 3 N–H and O–H groups in total. The molecule has 0 fully saturated rings. The highest BCUT2D eigenvalue weighted by Gasteiger charge is 2.17. The second-order valence-electron chi connectivity index (χ2n) is 5.25. The lowest BCUT2D eigenvalue weighted by Gasteiger charge is -2.04. The van der Waals surface area contributed by atoms with Crippen LogP contribution in [0.5, 0.6) is 0 Å². The van der Waals surface area contributed by atoms with E-state index < -0.39 is 5.91 Å². The van der Waals surface area contributed by atoms with Gasteiger partial charge in [0.25, 0.3) is 11.8 Å². The quantitative estimate of drug-likeness (QED) is 0.760. The number of aromatic nitrogens is 1. The summed E-state index contributed by atoms with van der Waals surface area (Å²) in [6.45, 7) is 3.61. The van der Waals surface area contributed by atoms with Gasteiger partial charge in [-0.2, -0.15) is 0 Å². The molecule has 0 bridgehead atoms. The maximum absolute atomic E-state index is 12.3. The lowest BCUT2D eigenvalue weighted by molar-refractivity contribution is 0.0971. The summed E-state index contributed by atoms with van der Waals surface area (Å²) >= 11 is 1.30. The number of aryl methyl sites for hydroxylation is 2. The smallest absolute Gasteiger partial charge is 0.284 e. The number of furan rings is 1. The van der Waals surface area contributed by atoms with E-state index in [0.717, 1.165) is 5.56 Å². The van der Waals surface area contributed by atoms with Crippen molar-refractivity contribution in [3.63, 3.8) is 0 Å². The van der Waals surface area contributed by atoms with Crippen molar-refractivity contribution in [3.05, 3.63) is 58.4 Å². The molecule has 122 valence electrons. The fourth-order valence-corrected chi connectivity index (χ4v) is 3.01. The van der Waals surface area contributed by atoms with E-state index in [4.69, 9.17) is 10.2 Å². The zero-order valence-corrected chi connectivity index (χ0v) is 13.9. The van der Waals surface area contributed by atoms with E-state index in [1.165, 1.54) is 11.3 Å². The number of hydrogen-bond donors (Lipinski definition) is 2. The Labute approximate surface area is 142 Å². The summed E-state index contributed by atoms with van der Waals surface area (Å²) in [5, 5.41) is 5.04. The third kappa shape index (κ3) is 3.07. The normalized spacial score (nSPS) is 10.6. The first-order valence-electron chi connectivity index (χ1n) is 7.19. The Hall–Kier alpha value is -2.93. The van der Waals surface area contributed by atoms with E-state index >= 15 is 0 Å². The summed E-state index contributed by atoms with van der Waals surface area (Å²) in [5.41, 5.74) is 8.01. The van der Waals surface area contributed by atoms with Crippen LogP contribution in [0.15, 0.2) is 40.1 Å². The van der Waals surface area contributed by atoms with Crippen molar-refractivity contribution in [2.45, 2.75) is 13.8 Å².